The number of fused-ring (bicyclic) bond motifs is 2. The number of nitrogens with zero attached hydrogens (tertiary/aromatic N) is 8. The van der Waals surface area contributed by atoms with Crippen molar-refractivity contribution in [1.29, 1.82) is 0 Å². The molecule has 2 aliphatic heterocycles. The van der Waals surface area contributed by atoms with Gasteiger partial charge in [-0.2, -0.15) is 9.97 Å². The molecule has 0 radical (unpaired) electrons. The molecule has 0 aliphatic carbocycles. The summed E-state index contributed by atoms with van der Waals surface area (Å²) in [7, 11) is 2.50. The number of anilines is 5. The van der Waals surface area contributed by atoms with Crippen LogP contribution in [-0.4, -0.2) is 116 Å². The molecule has 0 spiro atoms. The van der Waals surface area contributed by atoms with Crippen LogP contribution in [-0.2, 0) is 22.9 Å². The van der Waals surface area contributed by atoms with E-state index < -0.39 is 61.7 Å². The number of para-hydroxylation sites is 2. The maximum absolute atomic E-state index is 14.9. The molecule has 0 bridgehead atoms. The van der Waals surface area contributed by atoms with Crippen LogP contribution in [0.15, 0.2) is 78.0 Å². The fraction of sp³-hybridized carbons (Fsp3) is 0.280. The molecule has 2 aromatic heterocycles. The predicted molar refractivity (Wildman–Crippen MR) is 267 cm³/mol. The minimum absolute atomic E-state index is 0.0382. The number of rotatable bonds is 12. The number of nitrogens with one attached hydrogen (secondary N) is 4. The average Bonchev–Trinajstić information content (AvgIpc) is 3.33. The van der Waals surface area contributed by atoms with Gasteiger partial charge in [0.05, 0.1) is 24.5 Å². The van der Waals surface area contributed by atoms with Gasteiger partial charge >= 0.3 is 12.1 Å². The molecular weight excluding hydrogens is 973 g/mol. The molecule has 73 heavy (non-hydrogen) atoms. The van der Waals surface area contributed by atoms with Gasteiger partial charge in [-0.25, -0.2) is 55.3 Å². The van der Waals surface area contributed by atoms with Gasteiger partial charge < -0.3 is 31.1 Å². The molecule has 23 heteroatoms. The zero-order chi connectivity index (χ0) is 53.2. The minimum atomic E-state index is -4.01. The van der Waals surface area contributed by atoms with Gasteiger partial charge in [-0.05, 0) is 73.5 Å². The molecular formula is C50H52F4N12O6S. The fourth-order valence-electron chi connectivity index (χ4n) is 7.88. The van der Waals surface area contributed by atoms with Crippen molar-refractivity contribution in [2.75, 3.05) is 62.7 Å². The molecule has 6 aromatic rings. The normalized spacial score (nSPS) is 13.1. The van der Waals surface area contributed by atoms with Crippen LogP contribution in [0.5, 0.6) is 0 Å². The van der Waals surface area contributed by atoms with Crippen molar-refractivity contribution in [2.24, 2.45) is 0 Å². The molecule has 4 aromatic carbocycles. The fourth-order valence-corrected chi connectivity index (χ4v) is 8.39. The molecule has 18 nitrogen and oxygen atoms in total. The van der Waals surface area contributed by atoms with E-state index in [9.17, 15) is 45.2 Å². The van der Waals surface area contributed by atoms with E-state index in [0.717, 1.165) is 47.1 Å². The molecule has 6 amide bonds. The summed E-state index contributed by atoms with van der Waals surface area (Å²) in [5, 5.41) is 11.0. The number of carbonyl (C=O) groups excluding carboxylic acids is 4. The second-order valence-electron chi connectivity index (χ2n) is 17.8. The Balaban J connectivity index is 0.000000214. The Kier molecular flexibility index (Phi) is 15.4. The smallest absolute Gasteiger partial charge is 0.328 e. The largest absolute Gasteiger partial charge is 0.353 e. The van der Waals surface area contributed by atoms with Crippen molar-refractivity contribution in [1.82, 2.24) is 45.7 Å². The maximum atomic E-state index is 14.9. The van der Waals surface area contributed by atoms with Crippen molar-refractivity contribution in [3.05, 3.63) is 129 Å². The third kappa shape index (κ3) is 11.1. The molecule has 0 saturated heterocycles. The van der Waals surface area contributed by atoms with Crippen molar-refractivity contribution in [3.63, 3.8) is 0 Å². The molecule has 0 unspecified atom stereocenters. The third-order valence-corrected chi connectivity index (χ3v) is 12.4. The van der Waals surface area contributed by atoms with Crippen LogP contribution >= 0.6 is 0 Å². The SMILES string of the molecule is Cc1ccc(C(=O)N(C)C)cc1-c1nc(NCCNC(C)C)nc2c1CNC(=O)N2c1c(F)cccc1F.Cc1ccc(C(=O)N(C)C)cc1-c1nc(S(C)(=O)=O)nc2c1CNC(=O)N2c1c(F)cccc1F. The molecule has 4 N–H and O–H groups in total. The molecule has 2 aliphatic rings. The van der Waals surface area contributed by atoms with E-state index in [0.29, 0.717) is 57.1 Å². The van der Waals surface area contributed by atoms with E-state index in [-0.39, 0.29) is 59.8 Å². The number of hydrogen-bond donors (Lipinski definition) is 4. The number of aromatic nitrogens is 4. The third-order valence-electron chi connectivity index (χ3n) is 11.5. The molecule has 382 valence electrons. The quantitative estimate of drug-likeness (QED) is 0.0536. The van der Waals surface area contributed by atoms with Crippen LogP contribution in [0.4, 0.5) is 56.1 Å². The number of halogens is 4. The van der Waals surface area contributed by atoms with Crippen LogP contribution in [0, 0.1) is 37.1 Å². The first kappa shape index (κ1) is 52.8. The standard InChI is InChI=1S/C27H31F2N7O2.C23H21F2N5O4S/c1-15(2)30-11-12-31-26-33-22(18-13-17(10-9-16(18)3)25(37)35(4)5)19-14-32-27(38)36(24(19)34-26)23-20(28)7-6-8-21(23)29;1-12-8-9-13(21(31)29(2)3)10-14(12)18-15-11-26-23(32)30(19-16(24)6-5-7-17(19)25)20(15)28-22(27-18)35(4,33)34/h6-10,13,15,30H,11-12,14H2,1-5H3,(H,32,38)(H,31,33,34);5-10H,11H2,1-4H3,(H,26,32). The van der Waals surface area contributed by atoms with Gasteiger partial charge in [0.25, 0.3) is 11.8 Å². The van der Waals surface area contributed by atoms with Gasteiger partial charge in [0.2, 0.25) is 20.9 Å². The highest BCUT2D eigenvalue weighted by atomic mass is 32.2. The summed E-state index contributed by atoms with van der Waals surface area (Å²) < 4.78 is 84.0. The highest BCUT2D eigenvalue weighted by Crippen LogP contribution is 2.41. The lowest BCUT2D eigenvalue weighted by molar-refractivity contribution is 0.0820. The highest BCUT2D eigenvalue weighted by Gasteiger charge is 2.37. The number of benzene rings is 4. The lowest BCUT2D eigenvalue weighted by atomic mass is 9.97. The monoisotopic (exact) mass is 1020 g/mol. The Morgan fingerprint density at radius 1 is 0.658 bits per heavy atom. The van der Waals surface area contributed by atoms with Gasteiger partial charge in [-0.3, -0.25) is 9.59 Å². The summed E-state index contributed by atoms with van der Waals surface area (Å²) in [6.45, 7) is 8.66. The second-order valence-corrected chi connectivity index (χ2v) is 19.7. The number of carbonyl (C=O) groups is 4. The van der Waals surface area contributed by atoms with Gasteiger partial charge in [0, 0.05) is 87.0 Å². The zero-order valence-electron chi connectivity index (χ0n) is 41.3. The van der Waals surface area contributed by atoms with Crippen LogP contribution in [0.1, 0.15) is 56.8 Å². The Hall–Kier alpha value is -8.05. The summed E-state index contributed by atoms with van der Waals surface area (Å²) in [6.07, 6.45) is 0.883. The van der Waals surface area contributed by atoms with E-state index in [1.165, 1.54) is 15.9 Å². The Labute approximate surface area is 418 Å². The molecule has 0 atom stereocenters. The zero-order valence-corrected chi connectivity index (χ0v) is 42.1. The number of aryl methyl sites for hydroxylation is 2. The Morgan fingerprint density at radius 3 is 1.49 bits per heavy atom. The van der Waals surface area contributed by atoms with Crippen LogP contribution in [0.3, 0.4) is 0 Å². The van der Waals surface area contributed by atoms with Gasteiger partial charge in [-0.1, -0.05) is 38.1 Å². The molecule has 0 saturated carbocycles. The first-order valence-electron chi connectivity index (χ1n) is 22.7. The van der Waals surface area contributed by atoms with Crippen LogP contribution < -0.4 is 31.1 Å². The topological polar surface area (TPSA) is 215 Å². The summed E-state index contributed by atoms with van der Waals surface area (Å²) >= 11 is 0. The lowest BCUT2D eigenvalue weighted by Gasteiger charge is -2.31. The highest BCUT2D eigenvalue weighted by molar-refractivity contribution is 7.90. The number of hydrogen-bond acceptors (Lipinski definition) is 12. The average molecular weight is 1030 g/mol. The maximum Gasteiger partial charge on any atom is 0.328 e. The van der Waals surface area contributed by atoms with Crippen molar-refractivity contribution in [3.8, 4) is 22.5 Å². The molecule has 8 rings (SSSR count). The first-order chi connectivity index (χ1) is 34.5. The van der Waals surface area contributed by atoms with Crippen molar-refractivity contribution < 1.29 is 45.2 Å². The second kappa shape index (κ2) is 21.3. The minimum Gasteiger partial charge on any atom is -0.353 e. The van der Waals surface area contributed by atoms with Crippen LogP contribution in [0.25, 0.3) is 22.5 Å². The van der Waals surface area contributed by atoms with E-state index in [1.807, 2.05) is 26.8 Å². The number of urea groups is 2. The number of sulfone groups is 1. The van der Waals surface area contributed by atoms with E-state index in [1.54, 1.807) is 65.4 Å². The van der Waals surface area contributed by atoms with Crippen molar-refractivity contribution in [2.45, 2.75) is 52.0 Å². The lowest BCUT2D eigenvalue weighted by Crippen LogP contribution is -2.43. The van der Waals surface area contributed by atoms with Gasteiger partial charge in [-0.15, -0.1) is 0 Å². The summed E-state index contributed by atoms with van der Waals surface area (Å²) in [6, 6.07) is 15.3. The van der Waals surface area contributed by atoms with E-state index >= 15 is 0 Å². The molecule has 0 fully saturated rings. The van der Waals surface area contributed by atoms with E-state index in [2.05, 4.69) is 36.2 Å². The summed E-state index contributed by atoms with van der Waals surface area (Å²) in [4.78, 5) is 73.0. The van der Waals surface area contributed by atoms with Crippen LogP contribution in [0.2, 0.25) is 0 Å². The van der Waals surface area contributed by atoms with Gasteiger partial charge in [0.1, 0.15) is 34.6 Å². The predicted octanol–water partition coefficient (Wildman–Crippen LogP) is 7.40. The number of amides is 6. The van der Waals surface area contributed by atoms with E-state index in [4.69, 9.17) is 4.98 Å². The Bertz CT molecular complexity index is 3260. The van der Waals surface area contributed by atoms with Crippen molar-refractivity contribution >= 4 is 62.7 Å². The van der Waals surface area contributed by atoms with Gasteiger partial charge in [0.15, 0.2) is 11.6 Å². The summed E-state index contributed by atoms with van der Waals surface area (Å²) in [5.74, 6) is -4.39. The molecule has 4 heterocycles. The first-order valence-corrected chi connectivity index (χ1v) is 24.6. The summed E-state index contributed by atoms with van der Waals surface area (Å²) in [5.41, 5.74) is 3.33. The Morgan fingerprint density at radius 2 is 1.08 bits per heavy atom.